The maximum absolute atomic E-state index is 12.9. The van der Waals surface area contributed by atoms with Crippen molar-refractivity contribution in [2.24, 2.45) is 23.2 Å². The Hall–Kier alpha value is -1.31. The van der Waals surface area contributed by atoms with E-state index in [0.29, 0.717) is 41.0 Å². The summed E-state index contributed by atoms with van der Waals surface area (Å²) in [7, 11) is 0. The van der Waals surface area contributed by atoms with Crippen LogP contribution in [-0.2, 0) is 11.2 Å². The number of phenolic OH excluding ortho intramolecular Hbond substituents is 1. The number of Topliss-reactive ketones (excluding diaryl/α,β-unsaturated/α-hetero) is 1. The lowest BCUT2D eigenvalue weighted by atomic mass is 9.52. The van der Waals surface area contributed by atoms with Gasteiger partial charge in [0.1, 0.15) is 11.5 Å². The minimum Gasteiger partial charge on any atom is -0.508 e. The third kappa shape index (κ3) is 7.18. The standard InChI is InChI=1S/C32H45F5O2S/c1-30-17-15-26-25-12-11-24(38)21-23(25)20-22(29(26)27(30)13-14-28(30)39)10-7-5-3-2-4-6-8-18-40-19-9-16-31(33,34)32(35,36)37/h11-12,21-22,26-27,29,38H,2-10,13-20H2,1H3/t22-,26-,27+,29-,30+/m1/s1. The van der Waals surface area contributed by atoms with Crippen LogP contribution >= 0.6 is 11.8 Å². The number of phenols is 1. The van der Waals surface area contributed by atoms with Gasteiger partial charge < -0.3 is 5.11 Å². The van der Waals surface area contributed by atoms with Gasteiger partial charge in [0.05, 0.1) is 0 Å². The van der Waals surface area contributed by atoms with Gasteiger partial charge in [0.2, 0.25) is 0 Å². The lowest BCUT2D eigenvalue weighted by molar-refractivity contribution is -0.284. The molecule has 1 N–H and O–H groups in total. The van der Waals surface area contributed by atoms with Crippen molar-refractivity contribution < 1.29 is 31.9 Å². The molecule has 226 valence electrons. The highest BCUT2D eigenvalue weighted by Crippen LogP contribution is 2.61. The second-order valence-electron chi connectivity index (χ2n) is 12.7. The summed E-state index contributed by atoms with van der Waals surface area (Å²) in [6.45, 7) is 2.22. The van der Waals surface area contributed by atoms with Crippen molar-refractivity contribution in [3.8, 4) is 5.75 Å². The molecule has 0 heterocycles. The molecule has 40 heavy (non-hydrogen) atoms. The fourth-order valence-electron chi connectivity index (χ4n) is 7.97. The fraction of sp³-hybridized carbons (Fsp3) is 0.781. The number of thioether (sulfide) groups is 1. The molecule has 0 spiro atoms. The van der Waals surface area contributed by atoms with Gasteiger partial charge in [-0.2, -0.15) is 33.7 Å². The van der Waals surface area contributed by atoms with E-state index in [9.17, 15) is 31.9 Å². The summed E-state index contributed by atoms with van der Waals surface area (Å²) < 4.78 is 62.4. The minimum absolute atomic E-state index is 0.122. The number of ketones is 1. The molecular formula is C32H45F5O2S. The monoisotopic (exact) mass is 588 g/mol. The maximum atomic E-state index is 12.9. The largest absolute Gasteiger partial charge is 0.508 e. The number of fused-ring (bicyclic) bond motifs is 5. The Kier molecular flexibility index (Phi) is 10.5. The zero-order chi connectivity index (χ0) is 29.0. The molecule has 1 aromatic rings. The van der Waals surface area contributed by atoms with E-state index in [1.54, 1.807) is 0 Å². The van der Waals surface area contributed by atoms with Crippen LogP contribution < -0.4 is 0 Å². The lowest BCUT2D eigenvalue weighted by Gasteiger charge is -2.51. The highest BCUT2D eigenvalue weighted by Gasteiger charge is 2.57. The minimum atomic E-state index is -5.44. The van der Waals surface area contributed by atoms with E-state index in [4.69, 9.17) is 0 Å². The molecule has 5 atom stereocenters. The first-order valence-corrected chi connectivity index (χ1v) is 16.5. The van der Waals surface area contributed by atoms with Crippen LogP contribution in [-0.4, -0.2) is 34.5 Å². The quantitative estimate of drug-likeness (QED) is 0.174. The zero-order valence-electron chi connectivity index (χ0n) is 23.7. The van der Waals surface area contributed by atoms with Gasteiger partial charge >= 0.3 is 12.1 Å². The molecule has 4 rings (SSSR count). The van der Waals surface area contributed by atoms with Gasteiger partial charge in [0.25, 0.3) is 0 Å². The highest BCUT2D eigenvalue weighted by molar-refractivity contribution is 7.99. The lowest BCUT2D eigenvalue weighted by Crippen LogP contribution is -2.46. The second kappa shape index (κ2) is 13.3. The van der Waals surface area contributed by atoms with Crippen LogP contribution in [0.2, 0.25) is 0 Å². The van der Waals surface area contributed by atoms with Gasteiger partial charge in [-0.1, -0.05) is 51.5 Å². The number of rotatable bonds is 14. The third-order valence-electron chi connectivity index (χ3n) is 10.2. The Balaban J connectivity index is 1.14. The van der Waals surface area contributed by atoms with Gasteiger partial charge in [-0.15, -0.1) is 0 Å². The van der Waals surface area contributed by atoms with E-state index in [1.807, 2.05) is 12.1 Å². The summed E-state index contributed by atoms with van der Waals surface area (Å²) in [5, 5.41) is 10.1. The van der Waals surface area contributed by atoms with Crippen molar-refractivity contribution >= 4 is 17.5 Å². The van der Waals surface area contributed by atoms with Crippen molar-refractivity contribution in [1.82, 2.24) is 0 Å². The molecule has 2 nitrogen and oxygen atoms in total. The Morgan fingerprint density at radius 1 is 0.950 bits per heavy atom. The van der Waals surface area contributed by atoms with E-state index in [1.165, 1.54) is 48.6 Å². The number of alkyl halides is 5. The van der Waals surface area contributed by atoms with E-state index in [-0.39, 0.29) is 11.8 Å². The topological polar surface area (TPSA) is 37.3 Å². The van der Waals surface area contributed by atoms with E-state index in [2.05, 4.69) is 13.0 Å². The molecule has 0 aliphatic heterocycles. The highest BCUT2D eigenvalue weighted by atomic mass is 32.2. The summed E-state index contributed by atoms with van der Waals surface area (Å²) in [5.41, 5.74) is 2.55. The maximum Gasteiger partial charge on any atom is 0.453 e. The van der Waals surface area contributed by atoms with Crippen LogP contribution in [0.4, 0.5) is 22.0 Å². The summed E-state index contributed by atoms with van der Waals surface area (Å²) in [5.74, 6) is -0.535. The normalized spacial score (nSPS) is 28.3. The average Bonchev–Trinajstić information content (AvgIpc) is 3.19. The Morgan fingerprint density at radius 3 is 2.35 bits per heavy atom. The summed E-state index contributed by atoms with van der Waals surface area (Å²) in [6, 6.07) is 5.91. The van der Waals surface area contributed by atoms with E-state index < -0.39 is 18.5 Å². The molecule has 0 unspecified atom stereocenters. The first-order chi connectivity index (χ1) is 18.9. The van der Waals surface area contributed by atoms with Crippen LogP contribution in [0.3, 0.4) is 0 Å². The Morgan fingerprint density at radius 2 is 1.62 bits per heavy atom. The molecule has 0 bridgehead atoms. The summed E-state index contributed by atoms with van der Waals surface area (Å²) >= 11 is 1.47. The summed E-state index contributed by atoms with van der Waals surface area (Å²) in [6.07, 6.45) is 7.13. The SMILES string of the molecule is C[C@]12CC[C@@H]3c4ccc(O)cc4C[C@@H](CCCCCCCCCSCCCC(F)(F)C(F)(F)F)[C@H]3[C@@H]1CCC2=O. The Bertz CT molecular complexity index is 996. The molecule has 3 aliphatic rings. The van der Waals surface area contributed by atoms with Gasteiger partial charge in [0, 0.05) is 18.3 Å². The second-order valence-corrected chi connectivity index (χ2v) is 14.0. The molecular weight excluding hydrogens is 543 g/mol. The number of unbranched alkanes of at least 4 members (excludes halogenated alkanes) is 6. The molecule has 2 fully saturated rings. The zero-order valence-corrected chi connectivity index (χ0v) is 24.5. The summed E-state index contributed by atoms with van der Waals surface area (Å²) in [4.78, 5) is 12.8. The van der Waals surface area contributed by atoms with Crippen LogP contribution in [0.1, 0.15) is 114 Å². The predicted molar refractivity (Wildman–Crippen MR) is 151 cm³/mol. The first-order valence-electron chi connectivity index (χ1n) is 15.3. The Labute approximate surface area is 240 Å². The predicted octanol–water partition coefficient (Wildman–Crippen LogP) is 9.88. The van der Waals surface area contributed by atoms with Crippen molar-refractivity contribution in [3.05, 3.63) is 29.3 Å². The van der Waals surface area contributed by atoms with Crippen molar-refractivity contribution in [2.75, 3.05) is 11.5 Å². The number of benzene rings is 1. The number of hydrogen-bond acceptors (Lipinski definition) is 3. The van der Waals surface area contributed by atoms with Gasteiger partial charge in [-0.05, 0) is 103 Å². The van der Waals surface area contributed by atoms with Gasteiger partial charge in [-0.3, -0.25) is 4.79 Å². The fourth-order valence-corrected chi connectivity index (χ4v) is 8.93. The van der Waals surface area contributed by atoms with Crippen LogP contribution in [0, 0.1) is 23.2 Å². The molecule has 8 heteroatoms. The van der Waals surface area contributed by atoms with Gasteiger partial charge in [0.15, 0.2) is 0 Å². The van der Waals surface area contributed by atoms with E-state index >= 15 is 0 Å². The third-order valence-corrected chi connectivity index (χ3v) is 11.3. The van der Waals surface area contributed by atoms with Crippen LogP contribution in [0.25, 0.3) is 0 Å². The number of carbonyl (C=O) groups is 1. The molecule has 3 aliphatic carbocycles. The number of hydrogen-bond donors (Lipinski definition) is 1. The number of carbonyl (C=O) groups excluding carboxylic acids is 1. The molecule has 0 radical (unpaired) electrons. The average molecular weight is 589 g/mol. The molecule has 0 amide bonds. The number of aromatic hydroxyl groups is 1. The smallest absolute Gasteiger partial charge is 0.453 e. The molecule has 0 saturated heterocycles. The first kappa shape index (κ1) is 31.6. The molecule has 1 aromatic carbocycles. The molecule has 2 saturated carbocycles. The molecule has 0 aromatic heterocycles. The van der Waals surface area contributed by atoms with Crippen molar-refractivity contribution in [2.45, 2.75) is 121 Å². The van der Waals surface area contributed by atoms with Crippen LogP contribution in [0.5, 0.6) is 5.75 Å². The number of halogens is 5. The van der Waals surface area contributed by atoms with E-state index in [0.717, 1.165) is 63.5 Å². The van der Waals surface area contributed by atoms with Crippen molar-refractivity contribution in [1.29, 1.82) is 0 Å². The van der Waals surface area contributed by atoms with Crippen LogP contribution in [0.15, 0.2) is 18.2 Å². The van der Waals surface area contributed by atoms with Gasteiger partial charge in [-0.25, -0.2) is 0 Å². The van der Waals surface area contributed by atoms with Crippen molar-refractivity contribution in [3.63, 3.8) is 0 Å².